The van der Waals surface area contributed by atoms with Gasteiger partial charge in [0.15, 0.2) is 6.29 Å². The zero-order valence-electron chi connectivity index (χ0n) is 13.9. The van der Waals surface area contributed by atoms with Crippen LogP contribution in [0, 0.1) is 0 Å². The molecular formula is C19H32O2S. The zero-order valence-corrected chi connectivity index (χ0v) is 14.8. The normalized spacial score (nSPS) is 18.6. The summed E-state index contributed by atoms with van der Waals surface area (Å²) in [4.78, 5) is 1.54. The number of unbranched alkanes of at least 4 members (excludes halogenated alkanes) is 7. The van der Waals surface area contributed by atoms with Crippen molar-refractivity contribution >= 4 is 11.3 Å². The molecule has 0 aliphatic carbocycles. The average Bonchev–Trinajstić information content (AvgIpc) is 3.07. The van der Waals surface area contributed by atoms with Crippen LogP contribution in [0.1, 0.15) is 75.5 Å². The summed E-state index contributed by atoms with van der Waals surface area (Å²) in [6, 6.07) is 4.41. The van der Waals surface area contributed by atoms with Gasteiger partial charge < -0.3 is 9.47 Å². The SMILES string of the molecule is c1csc(CCCCCCCCCCOC2CCCCO2)c1. The molecule has 0 saturated carbocycles. The molecule has 0 radical (unpaired) electrons. The van der Waals surface area contributed by atoms with Crippen LogP contribution in [-0.2, 0) is 15.9 Å². The van der Waals surface area contributed by atoms with Gasteiger partial charge in [0, 0.05) is 18.1 Å². The minimum atomic E-state index is 0.0945. The summed E-state index contributed by atoms with van der Waals surface area (Å²) in [5.41, 5.74) is 0. The molecule has 0 amide bonds. The fourth-order valence-corrected chi connectivity index (χ4v) is 3.73. The number of rotatable bonds is 12. The fourth-order valence-electron chi connectivity index (χ4n) is 2.97. The second-order valence-electron chi connectivity index (χ2n) is 6.32. The third kappa shape index (κ3) is 8.30. The van der Waals surface area contributed by atoms with E-state index in [0.717, 1.165) is 19.6 Å². The molecule has 0 N–H and O–H groups in total. The molecule has 0 spiro atoms. The van der Waals surface area contributed by atoms with Crippen molar-refractivity contribution in [1.82, 2.24) is 0 Å². The number of thiophene rings is 1. The molecule has 0 aromatic carbocycles. The standard InChI is InChI=1S/C19H32O2S/c1(3-5-7-12-18-13-11-17-22-18)2-4-6-9-15-20-19-14-8-10-16-21-19/h11,13,17,19H,1-10,12,14-16H2. The van der Waals surface area contributed by atoms with Gasteiger partial charge in [-0.1, -0.05) is 44.6 Å². The summed E-state index contributed by atoms with van der Waals surface area (Å²) in [7, 11) is 0. The van der Waals surface area contributed by atoms with E-state index in [2.05, 4.69) is 17.5 Å². The third-order valence-corrected chi connectivity index (χ3v) is 5.28. The Bertz CT molecular complexity index is 344. The Morgan fingerprint density at radius 1 is 1.00 bits per heavy atom. The molecule has 1 aromatic heterocycles. The molecule has 1 saturated heterocycles. The molecule has 126 valence electrons. The molecule has 1 atom stereocenters. The van der Waals surface area contributed by atoms with Crippen LogP contribution in [0.4, 0.5) is 0 Å². The minimum Gasteiger partial charge on any atom is -0.353 e. The van der Waals surface area contributed by atoms with Gasteiger partial charge in [-0.05, 0) is 50.0 Å². The fraction of sp³-hybridized carbons (Fsp3) is 0.789. The van der Waals surface area contributed by atoms with Crippen molar-refractivity contribution in [3.8, 4) is 0 Å². The quantitative estimate of drug-likeness (QED) is 0.442. The van der Waals surface area contributed by atoms with Crippen molar-refractivity contribution in [3.05, 3.63) is 22.4 Å². The number of hydrogen-bond acceptors (Lipinski definition) is 3. The molecule has 2 nitrogen and oxygen atoms in total. The number of aryl methyl sites for hydroxylation is 1. The number of ether oxygens (including phenoxy) is 2. The van der Waals surface area contributed by atoms with E-state index in [1.54, 1.807) is 4.88 Å². The number of hydrogen-bond donors (Lipinski definition) is 0. The molecule has 1 fully saturated rings. The van der Waals surface area contributed by atoms with Crippen LogP contribution in [0.5, 0.6) is 0 Å². The Balaban J connectivity index is 1.28. The molecule has 1 aromatic rings. The largest absolute Gasteiger partial charge is 0.353 e. The first-order chi connectivity index (χ1) is 10.9. The van der Waals surface area contributed by atoms with E-state index < -0.39 is 0 Å². The lowest BCUT2D eigenvalue weighted by Gasteiger charge is -2.22. The van der Waals surface area contributed by atoms with E-state index in [1.165, 1.54) is 70.6 Å². The van der Waals surface area contributed by atoms with Crippen LogP contribution in [0.3, 0.4) is 0 Å². The Labute approximate surface area is 140 Å². The Hall–Kier alpha value is -0.380. The summed E-state index contributed by atoms with van der Waals surface area (Å²) in [5, 5.41) is 2.18. The second kappa shape index (κ2) is 12.1. The highest BCUT2D eigenvalue weighted by molar-refractivity contribution is 7.09. The Morgan fingerprint density at radius 2 is 1.77 bits per heavy atom. The lowest BCUT2D eigenvalue weighted by molar-refractivity contribution is -0.162. The summed E-state index contributed by atoms with van der Waals surface area (Å²) < 4.78 is 11.3. The van der Waals surface area contributed by atoms with Gasteiger partial charge in [0.1, 0.15) is 0 Å². The minimum absolute atomic E-state index is 0.0945. The predicted octanol–water partition coefficient (Wildman–Crippen LogP) is 5.95. The van der Waals surface area contributed by atoms with E-state index in [4.69, 9.17) is 9.47 Å². The lowest BCUT2D eigenvalue weighted by Crippen LogP contribution is -2.22. The highest BCUT2D eigenvalue weighted by Gasteiger charge is 2.13. The van der Waals surface area contributed by atoms with Crippen LogP contribution in [0.25, 0.3) is 0 Å². The summed E-state index contributed by atoms with van der Waals surface area (Å²) in [6.45, 7) is 1.77. The monoisotopic (exact) mass is 324 g/mol. The maximum absolute atomic E-state index is 5.76. The van der Waals surface area contributed by atoms with Crippen molar-refractivity contribution in [2.45, 2.75) is 83.3 Å². The first-order valence-corrected chi connectivity index (χ1v) is 10.1. The maximum Gasteiger partial charge on any atom is 0.157 e. The highest BCUT2D eigenvalue weighted by atomic mass is 32.1. The van der Waals surface area contributed by atoms with Crippen LogP contribution >= 0.6 is 11.3 Å². The maximum atomic E-state index is 5.76. The van der Waals surface area contributed by atoms with Gasteiger partial charge in [-0.3, -0.25) is 0 Å². The van der Waals surface area contributed by atoms with E-state index >= 15 is 0 Å². The molecular weight excluding hydrogens is 292 g/mol. The third-order valence-electron chi connectivity index (χ3n) is 4.34. The second-order valence-corrected chi connectivity index (χ2v) is 7.36. The zero-order chi connectivity index (χ0) is 15.3. The molecule has 2 rings (SSSR count). The van der Waals surface area contributed by atoms with Gasteiger partial charge in [0.2, 0.25) is 0 Å². The summed E-state index contributed by atoms with van der Waals surface area (Å²) in [5.74, 6) is 0. The molecule has 1 aliphatic heterocycles. The summed E-state index contributed by atoms with van der Waals surface area (Å²) in [6.07, 6.45) is 15.7. The molecule has 1 unspecified atom stereocenters. The van der Waals surface area contributed by atoms with Gasteiger partial charge in [-0.15, -0.1) is 11.3 Å². The Morgan fingerprint density at radius 3 is 2.45 bits per heavy atom. The van der Waals surface area contributed by atoms with E-state index in [9.17, 15) is 0 Å². The predicted molar refractivity (Wildman–Crippen MR) is 94.5 cm³/mol. The van der Waals surface area contributed by atoms with Crippen molar-refractivity contribution in [3.63, 3.8) is 0 Å². The molecule has 0 bridgehead atoms. The lowest BCUT2D eigenvalue weighted by atomic mass is 10.1. The Kier molecular flexibility index (Phi) is 9.88. The van der Waals surface area contributed by atoms with E-state index in [1.807, 2.05) is 11.3 Å². The van der Waals surface area contributed by atoms with Gasteiger partial charge in [0.25, 0.3) is 0 Å². The average molecular weight is 325 g/mol. The van der Waals surface area contributed by atoms with E-state index in [0.29, 0.717) is 0 Å². The van der Waals surface area contributed by atoms with Gasteiger partial charge in [-0.25, -0.2) is 0 Å². The van der Waals surface area contributed by atoms with Crippen LogP contribution in [-0.4, -0.2) is 19.5 Å². The first-order valence-electron chi connectivity index (χ1n) is 9.21. The van der Waals surface area contributed by atoms with Crippen molar-refractivity contribution < 1.29 is 9.47 Å². The summed E-state index contributed by atoms with van der Waals surface area (Å²) >= 11 is 1.89. The van der Waals surface area contributed by atoms with Gasteiger partial charge >= 0.3 is 0 Å². The van der Waals surface area contributed by atoms with Crippen molar-refractivity contribution in [2.75, 3.05) is 13.2 Å². The molecule has 1 aliphatic rings. The first kappa shape index (κ1) is 18.0. The van der Waals surface area contributed by atoms with Crippen molar-refractivity contribution in [1.29, 1.82) is 0 Å². The topological polar surface area (TPSA) is 18.5 Å². The van der Waals surface area contributed by atoms with Crippen LogP contribution in [0.15, 0.2) is 17.5 Å². The van der Waals surface area contributed by atoms with Crippen LogP contribution < -0.4 is 0 Å². The van der Waals surface area contributed by atoms with Crippen LogP contribution in [0.2, 0.25) is 0 Å². The smallest absolute Gasteiger partial charge is 0.157 e. The van der Waals surface area contributed by atoms with E-state index in [-0.39, 0.29) is 6.29 Å². The van der Waals surface area contributed by atoms with Crippen molar-refractivity contribution in [2.24, 2.45) is 0 Å². The molecule has 3 heteroatoms. The molecule has 22 heavy (non-hydrogen) atoms. The van der Waals surface area contributed by atoms with Gasteiger partial charge in [0.05, 0.1) is 0 Å². The highest BCUT2D eigenvalue weighted by Crippen LogP contribution is 2.16. The molecule has 2 heterocycles. The van der Waals surface area contributed by atoms with Gasteiger partial charge in [-0.2, -0.15) is 0 Å².